The zero-order valence-corrected chi connectivity index (χ0v) is 16.2. The SMILES string of the molecule is COCCNc1ncc2c(-c3ccc4nc(C)n(CCOC)c4n3)ccn2n1. The molecule has 4 aromatic rings. The molecule has 0 saturated carbocycles. The van der Waals surface area contributed by atoms with Crippen molar-refractivity contribution < 1.29 is 9.47 Å². The van der Waals surface area contributed by atoms with Gasteiger partial charge in [0.05, 0.1) is 30.6 Å². The molecule has 28 heavy (non-hydrogen) atoms. The first kappa shape index (κ1) is 18.3. The van der Waals surface area contributed by atoms with Gasteiger partial charge in [-0.05, 0) is 25.1 Å². The van der Waals surface area contributed by atoms with Crippen LogP contribution in [-0.2, 0) is 16.0 Å². The Morgan fingerprint density at radius 2 is 1.93 bits per heavy atom. The molecule has 0 atom stereocenters. The van der Waals surface area contributed by atoms with Gasteiger partial charge in [0.15, 0.2) is 5.65 Å². The number of hydrogen-bond donors (Lipinski definition) is 1. The van der Waals surface area contributed by atoms with Crippen LogP contribution < -0.4 is 5.32 Å². The Bertz CT molecular complexity index is 1100. The Hall–Kier alpha value is -3.04. The molecule has 0 fully saturated rings. The summed E-state index contributed by atoms with van der Waals surface area (Å²) in [5.41, 5.74) is 4.45. The molecule has 4 rings (SSSR count). The minimum absolute atomic E-state index is 0.559. The van der Waals surface area contributed by atoms with Crippen LogP contribution in [0.25, 0.3) is 27.9 Å². The topological polar surface area (TPSA) is 91.4 Å². The van der Waals surface area contributed by atoms with Crippen molar-refractivity contribution in [3.63, 3.8) is 0 Å². The summed E-state index contributed by atoms with van der Waals surface area (Å²) in [6.07, 6.45) is 3.71. The fourth-order valence-electron chi connectivity index (χ4n) is 3.18. The minimum Gasteiger partial charge on any atom is -0.383 e. The number of methoxy groups -OCH3 is 2. The normalized spacial score (nSPS) is 11.5. The highest BCUT2D eigenvalue weighted by Gasteiger charge is 2.13. The lowest BCUT2D eigenvalue weighted by molar-refractivity contribution is 0.187. The Morgan fingerprint density at radius 1 is 1.07 bits per heavy atom. The summed E-state index contributed by atoms with van der Waals surface area (Å²) in [4.78, 5) is 13.9. The van der Waals surface area contributed by atoms with Gasteiger partial charge in [-0.15, -0.1) is 5.10 Å². The van der Waals surface area contributed by atoms with Crippen molar-refractivity contribution in [3.8, 4) is 11.3 Å². The highest BCUT2D eigenvalue weighted by atomic mass is 16.5. The quantitative estimate of drug-likeness (QED) is 0.468. The van der Waals surface area contributed by atoms with Crippen LogP contribution in [0.1, 0.15) is 5.82 Å². The van der Waals surface area contributed by atoms with E-state index in [1.165, 1.54) is 0 Å². The van der Waals surface area contributed by atoms with Gasteiger partial charge in [-0.2, -0.15) is 0 Å². The smallest absolute Gasteiger partial charge is 0.241 e. The van der Waals surface area contributed by atoms with E-state index in [0.717, 1.165) is 33.8 Å². The summed E-state index contributed by atoms with van der Waals surface area (Å²) >= 11 is 0. The number of rotatable bonds is 8. The zero-order valence-electron chi connectivity index (χ0n) is 16.2. The van der Waals surface area contributed by atoms with Crippen LogP contribution in [0.2, 0.25) is 0 Å². The molecule has 146 valence electrons. The van der Waals surface area contributed by atoms with E-state index in [1.807, 2.05) is 31.3 Å². The molecule has 0 aliphatic heterocycles. The van der Waals surface area contributed by atoms with E-state index in [-0.39, 0.29) is 0 Å². The maximum Gasteiger partial charge on any atom is 0.241 e. The molecule has 0 spiro atoms. The van der Waals surface area contributed by atoms with Crippen LogP contribution in [0.4, 0.5) is 5.95 Å². The van der Waals surface area contributed by atoms with E-state index in [2.05, 4.69) is 25.0 Å². The van der Waals surface area contributed by atoms with Crippen LogP contribution >= 0.6 is 0 Å². The number of imidazole rings is 1. The Balaban J connectivity index is 1.70. The summed E-state index contributed by atoms with van der Waals surface area (Å²) in [7, 11) is 3.36. The number of anilines is 1. The van der Waals surface area contributed by atoms with E-state index < -0.39 is 0 Å². The summed E-state index contributed by atoms with van der Waals surface area (Å²) in [5, 5.41) is 7.63. The molecule has 0 bridgehead atoms. The first-order chi connectivity index (χ1) is 13.7. The molecule has 9 heteroatoms. The minimum atomic E-state index is 0.559. The molecule has 4 aromatic heterocycles. The van der Waals surface area contributed by atoms with Crippen molar-refractivity contribution in [2.45, 2.75) is 13.5 Å². The molecule has 0 aliphatic rings. The summed E-state index contributed by atoms with van der Waals surface area (Å²) < 4.78 is 14.1. The Kier molecular flexibility index (Phi) is 5.18. The first-order valence-corrected chi connectivity index (χ1v) is 9.11. The summed E-state index contributed by atoms with van der Waals surface area (Å²) in [6, 6.07) is 5.98. The fourth-order valence-corrected chi connectivity index (χ4v) is 3.18. The predicted octanol–water partition coefficient (Wildman–Crippen LogP) is 2.15. The van der Waals surface area contributed by atoms with Crippen LogP contribution in [0.3, 0.4) is 0 Å². The highest BCUT2D eigenvalue weighted by Crippen LogP contribution is 2.26. The van der Waals surface area contributed by atoms with Crippen molar-refractivity contribution in [3.05, 3.63) is 36.4 Å². The molecule has 0 radical (unpaired) electrons. The van der Waals surface area contributed by atoms with Gasteiger partial charge in [0.1, 0.15) is 11.3 Å². The zero-order chi connectivity index (χ0) is 19.5. The predicted molar refractivity (Wildman–Crippen MR) is 106 cm³/mol. The third-order valence-corrected chi connectivity index (χ3v) is 4.58. The van der Waals surface area contributed by atoms with Crippen LogP contribution in [0, 0.1) is 6.92 Å². The second-order valence-electron chi connectivity index (χ2n) is 6.40. The van der Waals surface area contributed by atoms with E-state index in [0.29, 0.717) is 32.3 Å². The molecule has 0 saturated heterocycles. The number of aromatic nitrogens is 6. The number of pyridine rings is 1. The van der Waals surface area contributed by atoms with Gasteiger partial charge in [-0.25, -0.2) is 19.5 Å². The number of ether oxygens (including phenoxy) is 2. The number of nitrogens with zero attached hydrogens (tertiary/aromatic N) is 6. The fraction of sp³-hybridized carbons (Fsp3) is 0.368. The Labute approximate surface area is 162 Å². The number of nitrogens with one attached hydrogen (secondary N) is 1. The molecule has 0 aromatic carbocycles. The van der Waals surface area contributed by atoms with Crippen LogP contribution in [-0.4, -0.2) is 63.1 Å². The summed E-state index contributed by atoms with van der Waals surface area (Å²) in [5.74, 6) is 1.48. The highest BCUT2D eigenvalue weighted by molar-refractivity contribution is 5.82. The van der Waals surface area contributed by atoms with Crippen LogP contribution in [0.5, 0.6) is 0 Å². The monoisotopic (exact) mass is 381 g/mol. The first-order valence-electron chi connectivity index (χ1n) is 9.11. The summed E-state index contributed by atoms with van der Waals surface area (Å²) in [6.45, 7) is 4.56. The third-order valence-electron chi connectivity index (χ3n) is 4.58. The van der Waals surface area contributed by atoms with Crippen molar-refractivity contribution in [1.29, 1.82) is 0 Å². The molecule has 1 N–H and O–H groups in total. The molecular formula is C19H23N7O2. The van der Waals surface area contributed by atoms with Crippen molar-refractivity contribution >= 4 is 22.6 Å². The van der Waals surface area contributed by atoms with E-state index in [9.17, 15) is 0 Å². The van der Waals surface area contributed by atoms with Crippen LogP contribution in [0.15, 0.2) is 30.6 Å². The van der Waals surface area contributed by atoms with Gasteiger partial charge in [0.25, 0.3) is 0 Å². The van der Waals surface area contributed by atoms with Gasteiger partial charge in [0.2, 0.25) is 5.95 Å². The maximum absolute atomic E-state index is 5.22. The van der Waals surface area contributed by atoms with Gasteiger partial charge < -0.3 is 19.4 Å². The molecule has 0 unspecified atom stereocenters. The Morgan fingerprint density at radius 3 is 2.75 bits per heavy atom. The van der Waals surface area contributed by atoms with Gasteiger partial charge in [-0.1, -0.05) is 0 Å². The molecular weight excluding hydrogens is 358 g/mol. The second-order valence-corrected chi connectivity index (χ2v) is 6.40. The van der Waals surface area contributed by atoms with Crippen molar-refractivity contribution in [1.82, 2.24) is 29.1 Å². The molecule has 0 aliphatic carbocycles. The third kappa shape index (κ3) is 3.41. The average Bonchev–Trinajstić information content (AvgIpc) is 3.26. The number of hydrogen-bond acceptors (Lipinski definition) is 7. The maximum atomic E-state index is 5.22. The lowest BCUT2D eigenvalue weighted by Gasteiger charge is -2.07. The number of aryl methyl sites for hydroxylation is 1. The van der Waals surface area contributed by atoms with E-state index in [4.69, 9.17) is 14.5 Å². The van der Waals surface area contributed by atoms with Crippen molar-refractivity contribution in [2.75, 3.05) is 39.3 Å². The largest absolute Gasteiger partial charge is 0.383 e. The second kappa shape index (κ2) is 7.91. The molecule has 4 heterocycles. The average molecular weight is 381 g/mol. The lowest BCUT2D eigenvalue weighted by atomic mass is 10.2. The van der Waals surface area contributed by atoms with E-state index >= 15 is 0 Å². The molecule has 9 nitrogen and oxygen atoms in total. The standard InChI is InChI=1S/C19H23N7O2/c1-13-22-16-5-4-15(23-18(16)25(13)9-11-28-3)14-6-8-26-17(14)12-21-19(24-26)20-7-10-27-2/h4-6,8,12H,7,9-11H2,1-3H3,(H,20,24). The van der Waals surface area contributed by atoms with E-state index in [1.54, 1.807) is 24.9 Å². The van der Waals surface area contributed by atoms with Gasteiger partial charge in [0, 0.05) is 39.1 Å². The lowest BCUT2D eigenvalue weighted by Crippen LogP contribution is -2.11. The van der Waals surface area contributed by atoms with Crippen molar-refractivity contribution in [2.24, 2.45) is 0 Å². The number of fused-ring (bicyclic) bond motifs is 2. The molecule has 0 amide bonds. The van der Waals surface area contributed by atoms with Gasteiger partial charge >= 0.3 is 0 Å². The van der Waals surface area contributed by atoms with Gasteiger partial charge in [-0.3, -0.25) is 0 Å².